The second kappa shape index (κ2) is 5.93. The number of nitro groups is 1. The number of nitrogens with zero attached hydrogens (tertiary/aromatic N) is 2. The average molecular weight is 349 g/mol. The Labute approximate surface area is 134 Å². The van der Waals surface area contributed by atoms with Crippen LogP contribution in [0.4, 0.5) is 11.4 Å². The van der Waals surface area contributed by atoms with Crippen LogP contribution in [0.2, 0.25) is 0 Å². The number of alkyl halides is 3. The Balaban J connectivity index is 2.37. The van der Waals surface area contributed by atoms with Crippen molar-refractivity contribution in [1.82, 2.24) is 4.68 Å². The minimum Gasteiger partial charge on any atom is -0.288 e. The normalized spacial score (nSPS) is 11.2. The summed E-state index contributed by atoms with van der Waals surface area (Å²) >= 11 is 16.7. The van der Waals surface area contributed by atoms with Gasteiger partial charge in [0.05, 0.1) is 4.92 Å². The summed E-state index contributed by atoms with van der Waals surface area (Å²) in [6, 6.07) is 8.98. The molecule has 0 spiro atoms. The lowest BCUT2D eigenvalue weighted by atomic mass is 10.3. The Kier molecular flexibility index (Phi) is 4.41. The number of halogens is 3. The molecule has 0 atom stereocenters. The maximum absolute atomic E-state index is 12.0. The summed E-state index contributed by atoms with van der Waals surface area (Å²) in [5.41, 5.74) is 2.86. The van der Waals surface area contributed by atoms with Crippen LogP contribution in [0.25, 0.3) is 0 Å². The van der Waals surface area contributed by atoms with Crippen molar-refractivity contribution in [2.24, 2.45) is 0 Å². The largest absolute Gasteiger partial charge is 0.294 e. The predicted molar refractivity (Wildman–Crippen MR) is 81.2 cm³/mol. The van der Waals surface area contributed by atoms with Crippen LogP contribution in [0.5, 0.6) is 0 Å². The summed E-state index contributed by atoms with van der Waals surface area (Å²) in [5.74, 6) is -0.747. The first-order chi connectivity index (χ1) is 9.80. The molecular weight excluding hydrogens is 341 g/mol. The van der Waals surface area contributed by atoms with Crippen molar-refractivity contribution in [3.8, 4) is 0 Å². The van der Waals surface area contributed by atoms with Gasteiger partial charge in [-0.1, -0.05) is 46.9 Å². The number of aromatic nitrogens is 1. The van der Waals surface area contributed by atoms with E-state index in [-0.39, 0.29) is 17.1 Å². The van der Waals surface area contributed by atoms with Gasteiger partial charge in [-0.05, 0) is 18.2 Å². The second-order valence-corrected chi connectivity index (χ2v) is 6.26. The Morgan fingerprint density at radius 2 is 1.86 bits per heavy atom. The van der Waals surface area contributed by atoms with Gasteiger partial charge in [0.25, 0.3) is 9.48 Å². The Morgan fingerprint density at radius 3 is 2.48 bits per heavy atom. The summed E-state index contributed by atoms with van der Waals surface area (Å²) in [4.78, 5) is 22.4. The van der Waals surface area contributed by atoms with Crippen LogP contribution >= 0.6 is 34.8 Å². The average Bonchev–Trinajstić information content (AvgIpc) is 2.85. The molecule has 1 aromatic carbocycles. The van der Waals surface area contributed by atoms with Gasteiger partial charge in [0.15, 0.2) is 0 Å². The van der Waals surface area contributed by atoms with E-state index in [0.29, 0.717) is 0 Å². The quantitative estimate of drug-likeness (QED) is 0.394. The smallest absolute Gasteiger partial charge is 0.288 e. The van der Waals surface area contributed by atoms with Crippen LogP contribution in [0, 0.1) is 10.1 Å². The molecule has 0 radical (unpaired) electrons. The molecule has 0 unspecified atom stereocenters. The van der Waals surface area contributed by atoms with Gasteiger partial charge >= 0.3 is 0 Å². The second-order valence-electron chi connectivity index (χ2n) is 3.98. The first-order valence-electron chi connectivity index (χ1n) is 5.60. The van der Waals surface area contributed by atoms with Gasteiger partial charge in [0.2, 0.25) is 5.78 Å². The molecule has 0 aliphatic carbocycles. The first-order valence-corrected chi connectivity index (χ1v) is 6.73. The van der Waals surface area contributed by atoms with Crippen LogP contribution in [-0.4, -0.2) is 19.2 Å². The molecule has 0 aliphatic rings. The van der Waals surface area contributed by atoms with Crippen LogP contribution < -0.4 is 5.43 Å². The number of anilines is 1. The highest BCUT2D eigenvalue weighted by atomic mass is 35.6. The maximum Gasteiger partial charge on any atom is 0.294 e. The lowest BCUT2D eigenvalue weighted by molar-refractivity contribution is -0.384. The number of hydrogen-bond donors (Lipinski definition) is 1. The SMILES string of the molecule is O=C(c1cccn1Nc1ccccc1[N+](=O)[O-])C(Cl)(Cl)Cl. The van der Waals surface area contributed by atoms with E-state index < -0.39 is 14.5 Å². The van der Waals surface area contributed by atoms with Crippen LogP contribution in [0.15, 0.2) is 42.6 Å². The molecule has 2 aromatic rings. The molecule has 0 fully saturated rings. The summed E-state index contributed by atoms with van der Waals surface area (Å²) in [6.45, 7) is 0. The molecule has 110 valence electrons. The first kappa shape index (κ1) is 15.6. The lowest BCUT2D eigenvalue weighted by Crippen LogP contribution is -2.24. The monoisotopic (exact) mass is 347 g/mol. The van der Waals surface area contributed by atoms with E-state index in [2.05, 4.69) is 5.43 Å². The zero-order chi connectivity index (χ0) is 15.6. The van der Waals surface area contributed by atoms with E-state index in [1.54, 1.807) is 12.1 Å². The molecule has 0 bridgehead atoms. The van der Waals surface area contributed by atoms with Gasteiger partial charge in [-0.2, -0.15) is 0 Å². The van der Waals surface area contributed by atoms with Crippen LogP contribution in [-0.2, 0) is 0 Å². The molecule has 1 aromatic heterocycles. The number of carbonyl (C=O) groups excluding carboxylic acids is 1. The molecule has 9 heteroatoms. The van der Waals surface area contributed by atoms with Crippen molar-refractivity contribution in [2.75, 3.05) is 5.43 Å². The number of Topliss-reactive ketones (excluding diaryl/α,β-unsaturated/α-hetero) is 1. The number of para-hydroxylation sites is 2. The lowest BCUT2D eigenvalue weighted by Gasteiger charge is -2.14. The molecule has 0 amide bonds. The number of rotatable bonds is 4. The molecule has 1 N–H and O–H groups in total. The molecule has 0 saturated heterocycles. The highest BCUT2D eigenvalue weighted by Crippen LogP contribution is 2.31. The summed E-state index contributed by atoms with van der Waals surface area (Å²) < 4.78 is -0.854. The number of hydrogen-bond acceptors (Lipinski definition) is 4. The van der Waals surface area contributed by atoms with Crippen LogP contribution in [0.3, 0.4) is 0 Å². The van der Waals surface area contributed by atoms with Gasteiger partial charge in [0.1, 0.15) is 11.4 Å². The Bertz CT molecular complexity index is 694. The highest BCUT2D eigenvalue weighted by Gasteiger charge is 2.33. The Hall–Kier alpha value is -1.76. The summed E-state index contributed by atoms with van der Waals surface area (Å²) in [5, 5.41) is 11.0. The van der Waals surface area contributed by atoms with E-state index in [9.17, 15) is 14.9 Å². The molecule has 2 rings (SSSR count). The summed E-state index contributed by atoms with van der Waals surface area (Å²) in [6.07, 6.45) is 1.49. The van der Waals surface area contributed by atoms with Crippen LogP contribution in [0.1, 0.15) is 10.5 Å². The van der Waals surface area contributed by atoms with Crippen molar-refractivity contribution in [2.45, 2.75) is 3.79 Å². The third kappa shape index (κ3) is 3.47. The number of carbonyl (C=O) groups is 1. The fourth-order valence-corrected chi connectivity index (χ4v) is 1.96. The van der Waals surface area contributed by atoms with Gasteiger partial charge in [-0.15, -0.1) is 0 Å². The standard InChI is InChI=1S/C12H8Cl3N3O3/c13-12(14,15)11(19)10-6-3-7-17(10)16-8-4-1-2-5-9(8)18(20)21/h1-7,16H. The molecule has 0 aliphatic heterocycles. The fourth-order valence-electron chi connectivity index (χ4n) is 1.67. The predicted octanol–water partition coefficient (Wildman–Crippen LogP) is 3.82. The van der Waals surface area contributed by atoms with Crippen molar-refractivity contribution in [3.63, 3.8) is 0 Å². The van der Waals surface area contributed by atoms with Crippen molar-refractivity contribution >= 4 is 52.0 Å². The molecular formula is C12H8Cl3N3O3. The minimum atomic E-state index is -2.11. The topological polar surface area (TPSA) is 77.2 Å². The van der Waals surface area contributed by atoms with Gasteiger partial charge in [0, 0.05) is 12.3 Å². The number of ketones is 1. The molecule has 21 heavy (non-hydrogen) atoms. The van der Waals surface area contributed by atoms with Crippen molar-refractivity contribution < 1.29 is 9.72 Å². The van der Waals surface area contributed by atoms with E-state index >= 15 is 0 Å². The number of nitro benzene ring substituents is 1. The summed E-state index contributed by atoms with van der Waals surface area (Å²) in [7, 11) is 0. The van der Waals surface area contributed by atoms with E-state index in [4.69, 9.17) is 34.8 Å². The van der Waals surface area contributed by atoms with Crippen molar-refractivity contribution in [3.05, 3.63) is 58.4 Å². The number of benzene rings is 1. The molecule has 0 saturated carbocycles. The molecule has 1 heterocycles. The van der Waals surface area contributed by atoms with Crippen molar-refractivity contribution in [1.29, 1.82) is 0 Å². The fraction of sp³-hybridized carbons (Fsp3) is 0.0833. The highest BCUT2D eigenvalue weighted by molar-refractivity contribution is 6.77. The number of nitrogens with one attached hydrogen (secondary N) is 1. The Morgan fingerprint density at radius 1 is 1.19 bits per heavy atom. The third-order valence-corrected chi connectivity index (χ3v) is 3.10. The molecule has 6 nitrogen and oxygen atoms in total. The minimum absolute atomic E-state index is 0.0631. The zero-order valence-electron chi connectivity index (χ0n) is 10.3. The van der Waals surface area contributed by atoms with Gasteiger partial charge in [-0.3, -0.25) is 25.0 Å². The van der Waals surface area contributed by atoms with Gasteiger partial charge in [-0.25, -0.2) is 0 Å². The third-order valence-electron chi connectivity index (χ3n) is 2.58. The van der Waals surface area contributed by atoms with E-state index in [1.165, 1.54) is 35.1 Å². The van der Waals surface area contributed by atoms with E-state index in [1.807, 2.05) is 0 Å². The zero-order valence-corrected chi connectivity index (χ0v) is 12.6. The van der Waals surface area contributed by atoms with Gasteiger partial charge < -0.3 is 0 Å². The van der Waals surface area contributed by atoms with E-state index in [0.717, 1.165) is 0 Å². The maximum atomic E-state index is 12.0.